The predicted octanol–water partition coefficient (Wildman–Crippen LogP) is 4.35. The van der Waals surface area contributed by atoms with Gasteiger partial charge in [-0.2, -0.15) is 13.2 Å². The average molecular weight is 432 g/mol. The summed E-state index contributed by atoms with van der Waals surface area (Å²) in [6.07, 6.45) is 2.23. The normalized spacial score (nSPS) is 28.9. The number of nitrogens with zero attached hydrogens (tertiary/aromatic N) is 1. The third-order valence-electron chi connectivity index (χ3n) is 7.44. The van der Waals surface area contributed by atoms with Crippen molar-refractivity contribution >= 4 is 5.91 Å². The molecule has 2 atom stereocenters. The summed E-state index contributed by atoms with van der Waals surface area (Å²) in [5, 5.41) is 3.72. The Kier molecular flexibility index (Phi) is 5.01. The summed E-state index contributed by atoms with van der Waals surface area (Å²) in [6, 6.07) is 4.56. The highest BCUT2D eigenvalue weighted by Crippen LogP contribution is 2.54. The molecule has 4 aliphatic rings. The molecule has 2 fully saturated rings. The molecule has 1 spiro atoms. The molecule has 1 aliphatic carbocycles. The van der Waals surface area contributed by atoms with Crippen molar-refractivity contribution in [3.63, 3.8) is 0 Å². The van der Waals surface area contributed by atoms with Gasteiger partial charge < -0.3 is 15.0 Å². The largest absolute Gasteiger partial charge is 0.416 e. The number of nitrogens with one attached hydrogen (secondary N) is 1. The van der Waals surface area contributed by atoms with E-state index in [1.807, 2.05) is 0 Å². The molecule has 7 heteroatoms. The van der Waals surface area contributed by atoms with Crippen molar-refractivity contribution in [2.45, 2.75) is 63.3 Å². The molecule has 1 N–H and O–H groups in total. The van der Waals surface area contributed by atoms with Gasteiger partial charge in [0.25, 0.3) is 0 Å². The minimum Gasteiger partial charge on any atom is -0.381 e. The summed E-state index contributed by atoms with van der Waals surface area (Å²) in [5.41, 5.74) is 2.07. The van der Waals surface area contributed by atoms with Crippen LogP contribution in [0.4, 0.5) is 13.2 Å². The van der Waals surface area contributed by atoms with Gasteiger partial charge in [-0.25, -0.2) is 0 Å². The molecule has 5 rings (SSSR count). The number of benzene rings is 1. The zero-order valence-corrected chi connectivity index (χ0v) is 17.4. The van der Waals surface area contributed by atoms with Gasteiger partial charge in [-0.1, -0.05) is 18.7 Å². The minimum absolute atomic E-state index is 0.0248. The molecule has 3 aliphatic heterocycles. The molecule has 166 valence electrons. The van der Waals surface area contributed by atoms with Gasteiger partial charge in [-0.3, -0.25) is 4.79 Å². The van der Waals surface area contributed by atoms with Crippen LogP contribution in [-0.2, 0) is 28.7 Å². The van der Waals surface area contributed by atoms with Crippen LogP contribution in [0.2, 0.25) is 0 Å². The Morgan fingerprint density at radius 2 is 1.94 bits per heavy atom. The Balaban J connectivity index is 1.41. The number of allylic oxidation sites excluding steroid dienone is 2. The highest BCUT2D eigenvalue weighted by atomic mass is 19.4. The molecule has 1 aromatic carbocycles. The smallest absolute Gasteiger partial charge is 0.381 e. The van der Waals surface area contributed by atoms with E-state index < -0.39 is 17.2 Å². The zero-order chi connectivity index (χ0) is 21.8. The second-order valence-corrected chi connectivity index (χ2v) is 9.19. The number of hydrogen-bond acceptors (Lipinski definition) is 3. The van der Waals surface area contributed by atoms with E-state index in [9.17, 15) is 18.0 Å². The molecule has 1 amide bonds. The van der Waals surface area contributed by atoms with Gasteiger partial charge in [0.2, 0.25) is 5.91 Å². The first-order valence-electron chi connectivity index (χ1n) is 11.0. The van der Waals surface area contributed by atoms with Crippen LogP contribution >= 0.6 is 0 Å². The maximum atomic E-state index is 13.6. The fourth-order valence-corrected chi connectivity index (χ4v) is 5.89. The van der Waals surface area contributed by atoms with Crippen molar-refractivity contribution in [3.8, 4) is 0 Å². The fraction of sp³-hybridized carbons (Fsp3) is 0.542. The van der Waals surface area contributed by atoms with Crippen LogP contribution < -0.4 is 5.32 Å². The van der Waals surface area contributed by atoms with Crippen molar-refractivity contribution in [1.29, 1.82) is 0 Å². The van der Waals surface area contributed by atoms with E-state index in [-0.39, 0.29) is 18.5 Å². The lowest BCUT2D eigenvalue weighted by atomic mass is 9.78. The van der Waals surface area contributed by atoms with Crippen LogP contribution in [0.5, 0.6) is 0 Å². The average Bonchev–Trinajstić information content (AvgIpc) is 3.26. The SMILES string of the molecule is C=CC1=C2Cc3ccc(C(F)(F)F)cc3CN2C(=O)[C@]12CC[C@@H](NC1CCOCC1)C2. The molecular formula is C24H27F3N2O2. The van der Waals surface area contributed by atoms with E-state index in [4.69, 9.17) is 4.74 Å². The predicted molar refractivity (Wildman–Crippen MR) is 110 cm³/mol. The number of carbonyl (C=O) groups excluding carboxylic acids is 1. The summed E-state index contributed by atoms with van der Waals surface area (Å²) >= 11 is 0. The van der Waals surface area contributed by atoms with Crippen LogP contribution in [0, 0.1) is 5.41 Å². The monoisotopic (exact) mass is 432 g/mol. The Morgan fingerprint density at radius 3 is 2.65 bits per heavy atom. The van der Waals surface area contributed by atoms with Gasteiger partial charge in [0.1, 0.15) is 0 Å². The standard InChI is InChI=1S/C24H27F3N2O2/c1-2-20-21-12-15-3-4-17(24(25,26)27)11-16(15)14-29(21)22(30)23(20)8-5-19(13-23)28-18-6-9-31-10-7-18/h2-4,11,18-19,28H,1,5-10,12-14H2/t19-,23+/m1/s1. The maximum absolute atomic E-state index is 13.6. The van der Waals surface area contributed by atoms with E-state index >= 15 is 0 Å². The molecular weight excluding hydrogens is 405 g/mol. The van der Waals surface area contributed by atoms with Crippen LogP contribution in [0.1, 0.15) is 48.8 Å². The van der Waals surface area contributed by atoms with Crippen molar-refractivity contribution in [1.82, 2.24) is 10.2 Å². The molecule has 1 saturated heterocycles. The van der Waals surface area contributed by atoms with Crippen molar-refractivity contribution in [2.24, 2.45) is 5.41 Å². The van der Waals surface area contributed by atoms with Crippen LogP contribution in [0.3, 0.4) is 0 Å². The lowest BCUT2D eigenvalue weighted by Crippen LogP contribution is -2.42. The highest BCUT2D eigenvalue weighted by Gasteiger charge is 2.55. The van der Waals surface area contributed by atoms with E-state index in [0.29, 0.717) is 24.4 Å². The second-order valence-electron chi connectivity index (χ2n) is 9.19. The Hall–Kier alpha value is -2.12. The Morgan fingerprint density at radius 1 is 1.16 bits per heavy atom. The van der Waals surface area contributed by atoms with Gasteiger partial charge in [0, 0.05) is 37.4 Å². The second kappa shape index (κ2) is 7.48. The molecule has 1 saturated carbocycles. The summed E-state index contributed by atoms with van der Waals surface area (Å²) < 4.78 is 45.0. The summed E-state index contributed by atoms with van der Waals surface area (Å²) in [7, 11) is 0. The quantitative estimate of drug-likeness (QED) is 0.772. The molecule has 0 unspecified atom stereocenters. The Labute approximate surface area is 180 Å². The first kappa shape index (κ1) is 20.8. The molecule has 1 aromatic rings. The number of alkyl halides is 3. The third-order valence-corrected chi connectivity index (χ3v) is 7.44. The van der Waals surface area contributed by atoms with Crippen LogP contribution in [0.25, 0.3) is 0 Å². The molecule has 3 heterocycles. The minimum atomic E-state index is -4.39. The molecule has 0 radical (unpaired) electrons. The lowest BCUT2D eigenvalue weighted by molar-refractivity contribution is -0.137. The first-order valence-corrected chi connectivity index (χ1v) is 11.0. The number of amides is 1. The van der Waals surface area contributed by atoms with Gasteiger partial charge in [0.15, 0.2) is 0 Å². The van der Waals surface area contributed by atoms with Crippen LogP contribution in [0.15, 0.2) is 42.1 Å². The number of ether oxygens (including phenoxy) is 1. The van der Waals surface area contributed by atoms with E-state index in [0.717, 1.165) is 61.8 Å². The van der Waals surface area contributed by atoms with Crippen LogP contribution in [-0.4, -0.2) is 36.1 Å². The summed E-state index contributed by atoms with van der Waals surface area (Å²) in [5.74, 6) is 0.0248. The van der Waals surface area contributed by atoms with Gasteiger partial charge in [-0.15, -0.1) is 0 Å². The first-order chi connectivity index (χ1) is 14.8. The number of halogens is 3. The Bertz CT molecular complexity index is 949. The van der Waals surface area contributed by atoms with Gasteiger partial charge in [0.05, 0.1) is 17.5 Å². The highest BCUT2D eigenvalue weighted by molar-refractivity contribution is 5.93. The van der Waals surface area contributed by atoms with Gasteiger partial charge in [-0.05, 0) is 60.9 Å². The number of carbonyl (C=O) groups is 1. The number of rotatable bonds is 3. The lowest BCUT2D eigenvalue weighted by Gasteiger charge is -2.30. The zero-order valence-electron chi connectivity index (χ0n) is 17.4. The van der Waals surface area contributed by atoms with E-state index in [1.54, 1.807) is 17.0 Å². The van der Waals surface area contributed by atoms with E-state index in [2.05, 4.69) is 11.9 Å². The van der Waals surface area contributed by atoms with Gasteiger partial charge >= 0.3 is 6.18 Å². The molecule has 0 bridgehead atoms. The summed E-state index contributed by atoms with van der Waals surface area (Å²) in [4.78, 5) is 15.3. The van der Waals surface area contributed by atoms with Crippen molar-refractivity contribution < 1.29 is 22.7 Å². The van der Waals surface area contributed by atoms with Crippen molar-refractivity contribution in [2.75, 3.05) is 13.2 Å². The van der Waals surface area contributed by atoms with E-state index in [1.165, 1.54) is 6.07 Å². The molecule has 31 heavy (non-hydrogen) atoms. The fourth-order valence-electron chi connectivity index (χ4n) is 5.89. The topological polar surface area (TPSA) is 41.6 Å². The maximum Gasteiger partial charge on any atom is 0.416 e. The molecule has 0 aromatic heterocycles. The number of fused-ring (bicyclic) bond motifs is 2. The van der Waals surface area contributed by atoms with Crippen molar-refractivity contribution in [3.05, 3.63) is 58.8 Å². The summed E-state index contributed by atoms with van der Waals surface area (Å²) in [6.45, 7) is 5.74. The number of hydrogen-bond donors (Lipinski definition) is 1. The molecule has 4 nitrogen and oxygen atoms in total. The third kappa shape index (κ3) is 3.42.